The number of hydrogen-bond donors (Lipinski definition) is 0. The van der Waals surface area contributed by atoms with Crippen LogP contribution in [0.15, 0.2) is 17.0 Å². The fourth-order valence-electron chi connectivity index (χ4n) is 2.91. The molecular formula is C17H24O6S. The van der Waals surface area contributed by atoms with Crippen LogP contribution in [0.2, 0.25) is 0 Å². The number of ether oxygens (including phenoxy) is 2. The maximum atomic E-state index is 12.5. The van der Waals surface area contributed by atoms with Crippen LogP contribution in [0.4, 0.5) is 0 Å². The Bertz CT molecular complexity index is 681. The molecule has 1 fully saturated rings. The highest BCUT2D eigenvalue weighted by Gasteiger charge is 2.28. The van der Waals surface area contributed by atoms with Gasteiger partial charge in [0.15, 0.2) is 6.10 Å². The number of esters is 1. The van der Waals surface area contributed by atoms with Gasteiger partial charge in [0.05, 0.1) is 11.0 Å². The lowest BCUT2D eigenvalue weighted by Crippen LogP contribution is -2.29. The molecule has 1 aliphatic rings. The van der Waals surface area contributed by atoms with Crippen molar-refractivity contribution < 1.29 is 26.9 Å². The number of carbonyl (C=O) groups excluding carboxylic acids is 1. The van der Waals surface area contributed by atoms with E-state index in [0.29, 0.717) is 17.7 Å². The average molecular weight is 356 g/mol. The third kappa shape index (κ3) is 4.55. The molecule has 0 spiro atoms. The predicted molar refractivity (Wildman–Crippen MR) is 88.3 cm³/mol. The maximum absolute atomic E-state index is 12.5. The van der Waals surface area contributed by atoms with Crippen LogP contribution in [0.3, 0.4) is 0 Å². The summed E-state index contributed by atoms with van der Waals surface area (Å²) in [4.78, 5) is 12.1. The number of carbonyl (C=O) groups is 1. The van der Waals surface area contributed by atoms with Gasteiger partial charge in [0, 0.05) is 6.61 Å². The lowest BCUT2D eigenvalue weighted by Gasteiger charge is -2.17. The van der Waals surface area contributed by atoms with E-state index >= 15 is 0 Å². The summed E-state index contributed by atoms with van der Waals surface area (Å²) in [5, 5.41) is 0. The molecule has 1 heterocycles. The SMILES string of the molecule is Cc1cc(C)c(S(=O)(=O)O[C@@H](C)C(=O)OCC2CCCO2)c(C)c1. The van der Waals surface area contributed by atoms with Gasteiger partial charge in [0.25, 0.3) is 10.1 Å². The summed E-state index contributed by atoms with van der Waals surface area (Å²) in [6.07, 6.45) is 0.452. The summed E-state index contributed by atoms with van der Waals surface area (Å²) in [7, 11) is -4.05. The van der Waals surface area contributed by atoms with E-state index in [9.17, 15) is 13.2 Å². The van der Waals surface area contributed by atoms with Crippen molar-refractivity contribution in [3.8, 4) is 0 Å². The fourth-order valence-corrected chi connectivity index (χ4v) is 4.37. The van der Waals surface area contributed by atoms with Crippen molar-refractivity contribution in [1.82, 2.24) is 0 Å². The molecule has 1 saturated heterocycles. The molecule has 1 aliphatic heterocycles. The Kier molecular flexibility index (Phi) is 6.01. The van der Waals surface area contributed by atoms with Gasteiger partial charge in [-0.3, -0.25) is 4.18 Å². The lowest BCUT2D eigenvalue weighted by molar-refractivity contribution is -0.154. The van der Waals surface area contributed by atoms with Crippen LogP contribution < -0.4 is 0 Å². The Balaban J connectivity index is 2.04. The van der Waals surface area contributed by atoms with Gasteiger partial charge in [-0.25, -0.2) is 4.79 Å². The number of hydrogen-bond acceptors (Lipinski definition) is 6. The van der Waals surface area contributed by atoms with Gasteiger partial charge in [-0.15, -0.1) is 0 Å². The van der Waals surface area contributed by atoms with Crippen molar-refractivity contribution in [2.75, 3.05) is 13.2 Å². The highest BCUT2D eigenvalue weighted by atomic mass is 32.2. The fraction of sp³-hybridized carbons (Fsp3) is 0.588. The van der Waals surface area contributed by atoms with Crippen LogP contribution in [-0.2, 0) is 28.6 Å². The molecule has 1 unspecified atom stereocenters. The van der Waals surface area contributed by atoms with Gasteiger partial charge < -0.3 is 9.47 Å². The zero-order chi connectivity index (χ0) is 17.9. The van der Waals surface area contributed by atoms with Gasteiger partial charge in [0.1, 0.15) is 6.61 Å². The first-order valence-electron chi connectivity index (χ1n) is 8.00. The Morgan fingerprint density at radius 2 is 1.92 bits per heavy atom. The minimum absolute atomic E-state index is 0.104. The van der Waals surface area contributed by atoms with Crippen LogP contribution in [-0.4, -0.2) is 39.8 Å². The molecule has 2 rings (SSSR count). The molecule has 134 valence electrons. The molecule has 7 heteroatoms. The number of aryl methyl sites for hydroxylation is 3. The lowest BCUT2D eigenvalue weighted by atomic mass is 10.1. The minimum atomic E-state index is -4.05. The first kappa shape index (κ1) is 18.9. The first-order chi connectivity index (χ1) is 11.2. The Morgan fingerprint density at radius 3 is 2.46 bits per heavy atom. The quantitative estimate of drug-likeness (QED) is 0.575. The molecule has 6 nitrogen and oxygen atoms in total. The van der Waals surface area contributed by atoms with Gasteiger partial charge in [-0.1, -0.05) is 17.7 Å². The third-order valence-electron chi connectivity index (χ3n) is 3.89. The van der Waals surface area contributed by atoms with Crippen LogP contribution >= 0.6 is 0 Å². The van der Waals surface area contributed by atoms with E-state index in [1.165, 1.54) is 6.92 Å². The van der Waals surface area contributed by atoms with E-state index in [0.717, 1.165) is 18.4 Å². The second kappa shape index (κ2) is 7.63. The highest BCUT2D eigenvalue weighted by Crippen LogP contribution is 2.24. The van der Waals surface area contributed by atoms with Crippen molar-refractivity contribution in [2.45, 2.75) is 57.6 Å². The molecule has 0 aliphatic carbocycles. The van der Waals surface area contributed by atoms with Crippen molar-refractivity contribution in [3.05, 3.63) is 28.8 Å². The van der Waals surface area contributed by atoms with Crippen molar-refractivity contribution in [1.29, 1.82) is 0 Å². The number of rotatable bonds is 6. The topological polar surface area (TPSA) is 78.9 Å². The van der Waals surface area contributed by atoms with Crippen molar-refractivity contribution >= 4 is 16.1 Å². The van der Waals surface area contributed by atoms with Gasteiger partial charge in [-0.05, 0) is 51.7 Å². The summed E-state index contributed by atoms with van der Waals surface area (Å²) in [5.41, 5.74) is 2.15. The van der Waals surface area contributed by atoms with Crippen molar-refractivity contribution in [3.63, 3.8) is 0 Å². The van der Waals surface area contributed by atoms with Crippen LogP contribution in [0.1, 0.15) is 36.5 Å². The van der Waals surface area contributed by atoms with Gasteiger partial charge in [0.2, 0.25) is 0 Å². The maximum Gasteiger partial charge on any atom is 0.336 e. The van der Waals surface area contributed by atoms with E-state index in [1.54, 1.807) is 26.0 Å². The second-order valence-corrected chi connectivity index (χ2v) is 7.69. The second-order valence-electron chi connectivity index (χ2n) is 6.19. The normalized spacial score (nSPS) is 19.2. The van der Waals surface area contributed by atoms with E-state index in [4.69, 9.17) is 13.7 Å². The third-order valence-corrected chi connectivity index (χ3v) is 5.58. The van der Waals surface area contributed by atoms with Gasteiger partial charge >= 0.3 is 5.97 Å². The van der Waals surface area contributed by atoms with Crippen LogP contribution in [0, 0.1) is 20.8 Å². The molecule has 1 aromatic rings. The van der Waals surface area contributed by atoms with Crippen molar-refractivity contribution in [2.24, 2.45) is 0 Å². The zero-order valence-corrected chi connectivity index (χ0v) is 15.3. The molecule has 2 atom stereocenters. The number of benzene rings is 1. The minimum Gasteiger partial charge on any atom is -0.461 e. The highest BCUT2D eigenvalue weighted by molar-refractivity contribution is 7.87. The molecule has 0 saturated carbocycles. The molecule has 1 aromatic carbocycles. The molecule has 0 amide bonds. The monoisotopic (exact) mass is 356 g/mol. The van der Waals surface area contributed by atoms with E-state index < -0.39 is 22.2 Å². The smallest absolute Gasteiger partial charge is 0.336 e. The summed E-state index contributed by atoms with van der Waals surface area (Å²) < 4.78 is 40.5. The summed E-state index contributed by atoms with van der Waals surface area (Å²) in [6, 6.07) is 3.54. The molecule has 0 N–H and O–H groups in total. The molecule has 24 heavy (non-hydrogen) atoms. The van der Waals surface area contributed by atoms with Crippen LogP contribution in [0.25, 0.3) is 0 Å². The van der Waals surface area contributed by atoms with E-state index in [-0.39, 0.29) is 17.6 Å². The largest absolute Gasteiger partial charge is 0.461 e. The van der Waals surface area contributed by atoms with Gasteiger partial charge in [-0.2, -0.15) is 8.42 Å². The van der Waals surface area contributed by atoms with E-state index in [1.807, 2.05) is 6.92 Å². The standard InChI is InChI=1S/C17H24O6S/c1-11-8-12(2)16(13(3)9-11)24(19,20)23-14(4)17(18)22-10-15-6-5-7-21-15/h8-9,14-15H,5-7,10H2,1-4H3/t14-,15?/m0/s1. The Labute approximate surface area is 143 Å². The molecule has 0 radical (unpaired) electrons. The van der Waals surface area contributed by atoms with Crippen LogP contribution in [0.5, 0.6) is 0 Å². The Morgan fingerprint density at radius 1 is 1.29 bits per heavy atom. The summed E-state index contributed by atoms with van der Waals surface area (Å²) in [5.74, 6) is -0.712. The molecular weight excluding hydrogens is 332 g/mol. The van der Waals surface area contributed by atoms with E-state index in [2.05, 4.69) is 0 Å². The first-order valence-corrected chi connectivity index (χ1v) is 9.41. The predicted octanol–water partition coefficient (Wildman–Crippen LogP) is 2.43. The summed E-state index contributed by atoms with van der Waals surface area (Å²) >= 11 is 0. The summed E-state index contributed by atoms with van der Waals surface area (Å²) in [6.45, 7) is 7.45. The average Bonchev–Trinajstić information content (AvgIpc) is 2.95. The zero-order valence-electron chi connectivity index (χ0n) is 14.5. The molecule has 0 bridgehead atoms. The molecule has 0 aromatic heterocycles. The Hall–Kier alpha value is -1.44.